The summed E-state index contributed by atoms with van der Waals surface area (Å²) >= 11 is 12.3. The van der Waals surface area contributed by atoms with Gasteiger partial charge in [-0.3, -0.25) is 4.98 Å². The van der Waals surface area contributed by atoms with Crippen molar-refractivity contribution in [1.82, 2.24) is 4.98 Å². The minimum absolute atomic E-state index is 0.286. The van der Waals surface area contributed by atoms with Gasteiger partial charge in [0, 0.05) is 18.0 Å². The zero-order valence-corrected chi connectivity index (χ0v) is 11.3. The Balaban J connectivity index is 2.25. The van der Waals surface area contributed by atoms with E-state index in [1.807, 2.05) is 6.92 Å². The van der Waals surface area contributed by atoms with E-state index in [2.05, 4.69) is 4.98 Å². The highest BCUT2D eigenvalue weighted by atomic mass is 35.5. The van der Waals surface area contributed by atoms with Crippen molar-refractivity contribution in [3.05, 3.63) is 64.2 Å². The lowest BCUT2D eigenvalue weighted by molar-refractivity contribution is 0.605. The first-order valence-electron chi connectivity index (χ1n) is 5.56. The molecule has 1 aromatic heterocycles. The topological polar surface area (TPSA) is 12.9 Å². The quantitative estimate of drug-likeness (QED) is 0.744. The van der Waals surface area contributed by atoms with E-state index in [-0.39, 0.29) is 5.82 Å². The summed E-state index contributed by atoms with van der Waals surface area (Å²) in [4.78, 5) is 3.91. The Morgan fingerprint density at radius 2 is 2.11 bits per heavy atom. The summed E-state index contributed by atoms with van der Waals surface area (Å²) in [6, 6.07) is 6.73. The minimum atomic E-state index is -0.440. The van der Waals surface area contributed by atoms with Gasteiger partial charge in [0.15, 0.2) is 0 Å². The summed E-state index contributed by atoms with van der Waals surface area (Å²) in [7, 11) is 0. The fraction of sp³-hybridized carbons (Fsp3) is 0.214. The average Bonchev–Trinajstić information content (AvgIpc) is 2.35. The first-order valence-corrected chi connectivity index (χ1v) is 6.38. The van der Waals surface area contributed by atoms with Crippen molar-refractivity contribution in [1.29, 1.82) is 0 Å². The van der Waals surface area contributed by atoms with Gasteiger partial charge >= 0.3 is 0 Å². The van der Waals surface area contributed by atoms with E-state index >= 15 is 0 Å². The maximum absolute atomic E-state index is 13.7. The SMILES string of the molecule is Cc1ccc(F)c(C(Cl)Cc2ccncc2Cl)c1. The van der Waals surface area contributed by atoms with Crippen LogP contribution in [0.2, 0.25) is 5.02 Å². The van der Waals surface area contributed by atoms with Crippen molar-refractivity contribution in [2.45, 2.75) is 18.7 Å². The molecule has 0 radical (unpaired) electrons. The summed E-state index contributed by atoms with van der Waals surface area (Å²) in [6.45, 7) is 1.91. The van der Waals surface area contributed by atoms with Crippen molar-refractivity contribution in [2.75, 3.05) is 0 Å². The highest BCUT2D eigenvalue weighted by Crippen LogP contribution is 2.30. The third kappa shape index (κ3) is 3.01. The predicted molar refractivity (Wildman–Crippen MR) is 72.7 cm³/mol. The van der Waals surface area contributed by atoms with Crippen molar-refractivity contribution in [2.24, 2.45) is 0 Å². The number of rotatable bonds is 3. The van der Waals surface area contributed by atoms with Gasteiger partial charge in [0.25, 0.3) is 0 Å². The summed E-state index contributed by atoms with van der Waals surface area (Å²) in [6.07, 6.45) is 3.69. The number of aryl methyl sites for hydroxylation is 1. The number of aromatic nitrogens is 1. The van der Waals surface area contributed by atoms with E-state index in [9.17, 15) is 4.39 Å². The van der Waals surface area contributed by atoms with E-state index in [4.69, 9.17) is 23.2 Å². The number of halogens is 3. The fourth-order valence-electron chi connectivity index (χ4n) is 1.78. The van der Waals surface area contributed by atoms with E-state index in [1.165, 1.54) is 6.07 Å². The Bertz CT molecular complexity index is 557. The molecule has 1 heterocycles. The molecule has 0 amide bonds. The van der Waals surface area contributed by atoms with Crippen molar-refractivity contribution in [3.8, 4) is 0 Å². The van der Waals surface area contributed by atoms with E-state index in [0.29, 0.717) is 17.0 Å². The first kappa shape index (κ1) is 13.3. The highest BCUT2D eigenvalue weighted by molar-refractivity contribution is 6.31. The summed E-state index contributed by atoms with van der Waals surface area (Å²) in [5.74, 6) is -0.286. The average molecular weight is 284 g/mol. The normalized spacial score (nSPS) is 12.4. The number of alkyl halides is 1. The minimum Gasteiger partial charge on any atom is -0.263 e. The van der Waals surface area contributed by atoms with Gasteiger partial charge in [-0.05, 0) is 31.0 Å². The largest absolute Gasteiger partial charge is 0.263 e. The molecule has 0 saturated heterocycles. The lowest BCUT2D eigenvalue weighted by Crippen LogP contribution is -2.00. The van der Waals surface area contributed by atoms with Crippen LogP contribution in [0.3, 0.4) is 0 Å². The molecular formula is C14H12Cl2FN. The Morgan fingerprint density at radius 3 is 2.83 bits per heavy atom. The van der Waals surface area contributed by atoms with Crippen LogP contribution in [0.25, 0.3) is 0 Å². The van der Waals surface area contributed by atoms with Crippen molar-refractivity contribution < 1.29 is 4.39 Å². The van der Waals surface area contributed by atoms with Gasteiger partial charge in [-0.1, -0.05) is 29.3 Å². The second-order valence-corrected chi connectivity index (χ2v) is 5.10. The molecule has 0 aliphatic heterocycles. The molecule has 0 spiro atoms. The van der Waals surface area contributed by atoms with Crippen LogP contribution in [-0.4, -0.2) is 4.98 Å². The van der Waals surface area contributed by atoms with Crippen LogP contribution >= 0.6 is 23.2 Å². The third-order valence-electron chi connectivity index (χ3n) is 2.74. The zero-order chi connectivity index (χ0) is 13.1. The van der Waals surface area contributed by atoms with Crippen LogP contribution in [0.5, 0.6) is 0 Å². The summed E-state index contributed by atoms with van der Waals surface area (Å²) in [5.41, 5.74) is 2.36. The standard InChI is InChI=1S/C14H12Cl2FN/c1-9-2-3-14(17)11(6-9)12(15)7-10-4-5-18-8-13(10)16/h2-6,8,12H,7H2,1H3. The van der Waals surface area contributed by atoms with E-state index in [0.717, 1.165) is 11.1 Å². The first-order chi connectivity index (χ1) is 8.58. The smallest absolute Gasteiger partial charge is 0.127 e. The van der Waals surface area contributed by atoms with Crippen LogP contribution in [0.15, 0.2) is 36.7 Å². The molecule has 1 atom stereocenters. The molecule has 0 N–H and O–H groups in total. The Kier molecular flexibility index (Phi) is 4.20. The maximum atomic E-state index is 13.7. The lowest BCUT2D eigenvalue weighted by Gasteiger charge is -2.12. The molecule has 0 aliphatic carbocycles. The number of hydrogen-bond donors (Lipinski definition) is 0. The van der Waals surface area contributed by atoms with Gasteiger partial charge in [-0.15, -0.1) is 11.6 Å². The van der Waals surface area contributed by atoms with Crippen LogP contribution in [0.1, 0.15) is 22.1 Å². The van der Waals surface area contributed by atoms with Gasteiger partial charge in [0.05, 0.1) is 10.4 Å². The number of nitrogens with zero attached hydrogens (tertiary/aromatic N) is 1. The van der Waals surface area contributed by atoms with Gasteiger partial charge in [-0.25, -0.2) is 4.39 Å². The van der Waals surface area contributed by atoms with Gasteiger partial charge in [-0.2, -0.15) is 0 Å². The lowest BCUT2D eigenvalue weighted by atomic mass is 10.0. The highest BCUT2D eigenvalue weighted by Gasteiger charge is 2.15. The number of hydrogen-bond acceptors (Lipinski definition) is 1. The second-order valence-electron chi connectivity index (χ2n) is 4.16. The molecule has 0 saturated carbocycles. The van der Waals surface area contributed by atoms with Gasteiger partial charge in [0.2, 0.25) is 0 Å². The van der Waals surface area contributed by atoms with Gasteiger partial charge in [0.1, 0.15) is 5.82 Å². The summed E-state index contributed by atoms with van der Waals surface area (Å²) in [5, 5.41) is 0.112. The van der Waals surface area contributed by atoms with Crippen LogP contribution in [0, 0.1) is 12.7 Å². The van der Waals surface area contributed by atoms with E-state index in [1.54, 1.807) is 30.6 Å². The Labute approximate surface area is 116 Å². The van der Waals surface area contributed by atoms with Crippen LogP contribution in [0.4, 0.5) is 4.39 Å². The molecule has 1 aromatic carbocycles. The molecule has 18 heavy (non-hydrogen) atoms. The van der Waals surface area contributed by atoms with Crippen molar-refractivity contribution >= 4 is 23.2 Å². The molecule has 94 valence electrons. The van der Waals surface area contributed by atoms with E-state index < -0.39 is 5.38 Å². The molecule has 1 nitrogen and oxygen atoms in total. The Hall–Kier alpha value is -1.12. The summed E-state index contributed by atoms with van der Waals surface area (Å²) < 4.78 is 13.7. The van der Waals surface area contributed by atoms with Crippen LogP contribution in [-0.2, 0) is 6.42 Å². The number of benzene rings is 1. The Morgan fingerprint density at radius 1 is 1.33 bits per heavy atom. The monoisotopic (exact) mass is 283 g/mol. The molecule has 2 rings (SSSR count). The third-order valence-corrected chi connectivity index (χ3v) is 3.47. The molecule has 1 unspecified atom stereocenters. The van der Waals surface area contributed by atoms with Crippen molar-refractivity contribution in [3.63, 3.8) is 0 Å². The molecule has 2 aromatic rings. The molecule has 4 heteroatoms. The van der Waals surface area contributed by atoms with Crippen LogP contribution < -0.4 is 0 Å². The number of pyridine rings is 1. The molecule has 0 fully saturated rings. The predicted octanol–water partition coefficient (Wildman–Crippen LogP) is 4.71. The zero-order valence-electron chi connectivity index (χ0n) is 9.83. The molecular weight excluding hydrogens is 272 g/mol. The molecule has 0 bridgehead atoms. The van der Waals surface area contributed by atoms with Gasteiger partial charge < -0.3 is 0 Å². The fourth-order valence-corrected chi connectivity index (χ4v) is 2.31. The molecule has 0 aliphatic rings. The second kappa shape index (κ2) is 5.68. The maximum Gasteiger partial charge on any atom is 0.127 e.